The van der Waals surface area contributed by atoms with Crippen LogP contribution in [0.3, 0.4) is 0 Å². The van der Waals surface area contributed by atoms with Gasteiger partial charge in [-0.2, -0.15) is 9.40 Å². The van der Waals surface area contributed by atoms with Crippen molar-refractivity contribution in [3.05, 3.63) is 11.9 Å². The molecule has 1 fully saturated rings. The third kappa shape index (κ3) is 4.28. The smallest absolute Gasteiger partial charge is 0.310 e. The number of sulfonamides is 1. The number of hydrogen-bond acceptors (Lipinski definition) is 5. The SMILES string of the molecule is CCOC(=O)C1CCCN(S(=O)(=O)c2cn(C(C)C)nc2C(C)(C)C)C1. The number of ether oxygens (including phenoxy) is 1. The fourth-order valence-corrected chi connectivity index (χ4v) is 4.96. The molecule has 0 spiro atoms. The summed E-state index contributed by atoms with van der Waals surface area (Å²) in [5.41, 5.74) is 0.156. The van der Waals surface area contributed by atoms with Crippen LogP contribution in [0.2, 0.25) is 0 Å². The fourth-order valence-electron chi connectivity index (χ4n) is 3.10. The number of rotatable bonds is 5. The van der Waals surface area contributed by atoms with Gasteiger partial charge in [-0.1, -0.05) is 20.8 Å². The lowest BCUT2D eigenvalue weighted by molar-refractivity contribution is -0.149. The minimum absolute atomic E-state index is 0.0636. The van der Waals surface area contributed by atoms with E-state index in [1.807, 2.05) is 34.6 Å². The van der Waals surface area contributed by atoms with E-state index < -0.39 is 21.4 Å². The van der Waals surface area contributed by atoms with Gasteiger partial charge in [-0.05, 0) is 33.6 Å². The Balaban J connectivity index is 2.39. The second-order valence-corrected chi connectivity index (χ2v) is 10.0. The van der Waals surface area contributed by atoms with Gasteiger partial charge in [0.05, 0.1) is 18.2 Å². The minimum atomic E-state index is -3.73. The van der Waals surface area contributed by atoms with Crippen LogP contribution < -0.4 is 0 Å². The van der Waals surface area contributed by atoms with Gasteiger partial charge >= 0.3 is 5.97 Å². The van der Waals surface area contributed by atoms with Crippen LogP contribution in [0.25, 0.3) is 0 Å². The number of carbonyl (C=O) groups excluding carboxylic acids is 1. The summed E-state index contributed by atoms with van der Waals surface area (Å²) in [4.78, 5) is 12.3. The Morgan fingerprint density at radius 2 is 2.04 bits per heavy atom. The van der Waals surface area contributed by atoms with Crippen LogP contribution in [0.1, 0.15) is 66.1 Å². The molecule has 0 aliphatic carbocycles. The molecule has 1 saturated heterocycles. The second-order valence-electron chi connectivity index (χ2n) is 8.12. The molecule has 0 N–H and O–H groups in total. The highest BCUT2D eigenvalue weighted by molar-refractivity contribution is 7.89. The van der Waals surface area contributed by atoms with E-state index in [1.54, 1.807) is 17.8 Å². The summed E-state index contributed by atoms with van der Waals surface area (Å²) in [6.07, 6.45) is 2.92. The van der Waals surface area contributed by atoms with Gasteiger partial charge in [0.15, 0.2) is 0 Å². The van der Waals surface area contributed by atoms with Crippen LogP contribution in [-0.2, 0) is 25.0 Å². The van der Waals surface area contributed by atoms with Crippen LogP contribution in [0.4, 0.5) is 0 Å². The third-order valence-corrected chi connectivity index (χ3v) is 6.43. The standard InChI is InChI=1S/C18H31N3O4S/c1-7-25-17(22)14-9-8-10-20(11-14)26(23,24)15-12-21(13(2)3)19-16(15)18(4,5)6/h12-14H,7-11H2,1-6H3. The predicted molar refractivity (Wildman–Crippen MR) is 99.4 cm³/mol. The van der Waals surface area contributed by atoms with Gasteiger partial charge < -0.3 is 4.74 Å². The molecule has 0 aromatic carbocycles. The minimum Gasteiger partial charge on any atom is -0.466 e. The van der Waals surface area contributed by atoms with Gasteiger partial charge in [0, 0.05) is 30.7 Å². The summed E-state index contributed by atoms with van der Waals surface area (Å²) in [6.45, 7) is 12.4. The lowest BCUT2D eigenvalue weighted by atomic mass is 9.92. The molecule has 1 aliphatic rings. The fraction of sp³-hybridized carbons (Fsp3) is 0.778. The molecule has 7 nitrogen and oxygen atoms in total. The van der Waals surface area contributed by atoms with Gasteiger partial charge in [-0.25, -0.2) is 8.42 Å². The highest BCUT2D eigenvalue weighted by Gasteiger charge is 2.38. The van der Waals surface area contributed by atoms with Crippen molar-refractivity contribution in [3.63, 3.8) is 0 Å². The predicted octanol–water partition coefficient (Wildman–Crippen LogP) is 2.73. The van der Waals surface area contributed by atoms with Crippen LogP contribution in [-0.4, -0.2) is 48.2 Å². The molecule has 1 atom stereocenters. The molecule has 1 aliphatic heterocycles. The highest BCUT2D eigenvalue weighted by atomic mass is 32.2. The maximum atomic E-state index is 13.3. The van der Waals surface area contributed by atoms with Crippen molar-refractivity contribution in [1.29, 1.82) is 0 Å². The maximum absolute atomic E-state index is 13.3. The molecule has 1 unspecified atom stereocenters. The van der Waals surface area contributed by atoms with Gasteiger partial charge in [0.25, 0.3) is 0 Å². The first-order chi connectivity index (χ1) is 12.0. The van der Waals surface area contributed by atoms with Crippen molar-refractivity contribution in [3.8, 4) is 0 Å². The summed E-state index contributed by atoms with van der Waals surface area (Å²) >= 11 is 0. The molecular weight excluding hydrogens is 354 g/mol. The van der Waals surface area contributed by atoms with E-state index >= 15 is 0 Å². The van der Waals surface area contributed by atoms with E-state index in [0.717, 1.165) is 0 Å². The monoisotopic (exact) mass is 385 g/mol. The molecule has 8 heteroatoms. The highest BCUT2D eigenvalue weighted by Crippen LogP contribution is 2.32. The number of hydrogen-bond donors (Lipinski definition) is 0. The van der Waals surface area contributed by atoms with E-state index in [9.17, 15) is 13.2 Å². The van der Waals surface area contributed by atoms with Crippen molar-refractivity contribution >= 4 is 16.0 Å². The number of aromatic nitrogens is 2. The van der Waals surface area contributed by atoms with Crippen molar-refractivity contribution in [1.82, 2.24) is 14.1 Å². The zero-order chi connectivity index (χ0) is 19.7. The van der Waals surface area contributed by atoms with Crippen molar-refractivity contribution in [2.75, 3.05) is 19.7 Å². The van der Waals surface area contributed by atoms with Crippen LogP contribution in [0, 0.1) is 5.92 Å². The quantitative estimate of drug-likeness (QED) is 0.728. The van der Waals surface area contributed by atoms with E-state index in [-0.39, 0.29) is 23.5 Å². The Morgan fingerprint density at radius 1 is 1.38 bits per heavy atom. The van der Waals surface area contributed by atoms with Gasteiger partial charge in [-0.3, -0.25) is 9.48 Å². The first kappa shape index (κ1) is 20.9. The summed E-state index contributed by atoms with van der Waals surface area (Å²) in [5, 5.41) is 4.54. The molecular formula is C18H31N3O4S. The average molecular weight is 386 g/mol. The average Bonchev–Trinajstić information content (AvgIpc) is 3.02. The molecule has 26 heavy (non-hydrogen) atoms. The number of carbonyl (C=O) groups is 1. The Kier molecular flexibility index (Phi) is 6.17. The molecule has 2 rings (SSSR count). The zero-order valence-corrected chi connectivity index (χ0v) is 17.5. The lowest BCUT2D eigenvalue weighted by Crippen LogP contribution is -2.43. The first-order valence-corrected chi connectivity index (χ1v) is 10.7. The number of nitrogens with zero attached hydrogens (tertiary/aromatic N) is 3. The van der Waals surface area contributed by atoms with Crippen molar-refractivity contribution in [2.45, 2.75) is 70.7 Å². The van der Waals surface area contributed by atoms with E-state index in [4.69, 9.17) is 4.74 Å². The zero-order valence-electron chi connectivity index (χ0n) is 16.7. The van der Waals surface area contributed by atoms with E-state index in [1.165, 1.54) is 4.31 Å². The summed E-state index contributed by atoms with van der Waals surface area (Å²) in [6, 6.07) is 0.0636. The molecule has 0 radical (unpaired) electrons. The topological polar surface area (TPSA) is 81.5 Å². The first-order valence-electron chi connectivity index (χ1n) is 9.25. The molecule has 2 heterocycles. The van der Waals surface area contributed by atoms with Gasteiger partial charge in [0.2, 0.25) is 10.0 Å². The van der Waals surface area contributed by atoms with Crippen molar-refractivity contribution < 1.29 is 17.9 Å². The lowest BCUT2D eigenvalue weighted by Gasteiger charge is -2.31. The Hall–Kier alpha value is -1.41. The molecule has 0 saturated carbocycles. The number of esters is 1. The van der Waals surface area contributed by atoms with E-state index in [0.29, 0.717) is 31.7 Å². The summed E-state index contributed by atoms with van der Waals surface area (Å²) in [7, 11) is -3.73. The molecule has 1 aromatic heterocycles. The largest absolute Gasteiger partial charge is 0.466 e. The third-order valence-electron chi connectivity index (χ3n) is 4.56. The maximum Gasteiger partial charge on any atom is 0.310 e. The van der Waals surface area contributed by atoms with Crippen molar-refractivity contribution in [2.24, 2.45) is 5.92 Å². The molecule has 1 aromatic rings. The Morgan fingerprint density at radius 3 is 2.58 bits per heavy atom. The molecule has 148 valence electrons. The van der Waals surface area contributed by atoms with Crippen LogP contribution in [0.15, 0.2) is 11.1 Å². The van der Waals surface area contributed by atoms with E-state index in [2.05, 4.69) is 5.10 Å². The Bertz CT molecular complexity index is 747. The summed E-state index contributed by atoms with van der Waals surface area (Å²) in [5.74, 6) is -0.724. The second kappa shape index (κ2) is 7.68. The number of piperidine rings is 1. The Labute approximate surface area is 156 Å². The molecule has 0 bridgehead atoms. The van der Waals surface area contributed by atoms with Gasteiger partial charge in [-0.15, -0.1) is 0 Å². The molecule has 0 amide bonds. The van der Waals surface area contributed by atoms with Gasteiger partial charge in [0.1, 0.15) is 4.90 Å². The van der Waals surface area contributed by atoms with Crippen LogP contribution in [0.5, 0.6) is 0 Å². The summed E-state index contributed by atoms with van der Waals surface area (Å²) < 4.78 is 34.9. The normalized spacial score (nSPS) is 19.7. The van der Waals surface area contributed by atoms with Crippen LogP contribution >= 0.6 is 0 Å².